The Labute approximate surface area is 198 Å². The Morgan fingerprint density at radius 1 is 1.16 bits per heavy atom. The number of rotatable bonds is 5. The monoisotopic (exact) mass is 485 g/mol. The molecule has 0 saturated carbocycles. The van der Waals surface area contributed by atoms with Crippen LogP contribution in [0.1, 0.15) is 39.6 Å². The molecule has 3 N–H and O–H groups in total. The fraction of sp³-hybridized carbons (Fsp3) is 0.174. The zero-order valence-electron chi connectivity index (χ0n) is 17.6. The molecule has 0 saturated heterocycles. The minimum Gasteiger partial charge on any atom is -0.459 e. The Morgan fingerprint density at radius 3 is 2.56 bits per heavy atom. The number of nitrogen functional groups attached to an aromatic ring is 1. The number of nitrogens with one attached hydrogen (secondary N) is 1. The average Bonchev–Trinajstić information content (AvgIpc) is 3.29. The fourth-order valence-corrected chi connectivity index (χ4v) is 5.30. The van der Waals surface area contributed by atoms with E-state index in [-0.39, 0.29) is 6.10 Å². The molecule has 0 radical (unpaired) electrons. The molecule has 4 aromatic rings. The number of ether oxygens (including phenoxy) is 1. The molecule has 0 aliphatic rings. The van der Waals surface area contributed by atoms with Crippen molar-refractivity contribution in [2.24, 2.45) is 0 Å². The van der Waals surface area contributed by atoms with Crippen molar-refractivity contribution in [3.63, 3.8) is 0 Å². The van der Waals surface area contributed by atoms with E-state index in [9.17, 15) is 9.59 Å². The molecule has 9 heteroatoms. The number of nitrogens with two attached hydrogens (primary N) is 1. The fourth-order valence-electron chi connectivity index (χ4n) is 3.19. The molecule has 0 atom stereocenters. The maximum atomic E-state index is 13.1. The molecule has 0 bridgehead atoms. The van der Waals surface area contributed by atoms with Crippen molar-refractivity contribution in [2.45, 2.75) is 26.9 Å². The molecule has 0 fully saturated rings. The minimum absolute atomic E-state index is 0.299. The highest BCUT2D eigenvalue weighted by Crippen LogP contribution is 2.38. The highest BCUT2D eigenvalue weighted by atomic mass is 35.5. The van der Waals surface area contributed by atoms with Crippen LogP contribution >= 0.6 is 34.3 Å². The van der Waals surface area contributed by atoms with Gasteiger partial charge in [0.25, 0.3) is 5.91 Å². The first-order valence-electron chi connectivity index (χ1n) is 9.80. The van der Waals surface area contributed by atoms with E-state index in [2.05, 4.69) is 10.3 Å². The summed E-state index contributed by atoms with van der Waals surface area (Å²) < 4.78 is 5.45. The average molecular weight is 486 g/mol. The number of carbonyl (C=O) groups is 2. The van der Waals surface area contributed by atoms with Gasteiger partial charge in [0.05, 0.1) is 11.8 Å². The molecular weight excluding hydrogens is 466 g/mol. The second kappa shape index (κ2) is 8.90. The van der Waals surface area contributed by atoms with Gasteiger partial charge in [0.1, 0.15) is 20.3 Å². The Hall–Kier alpha value is -2.94. The second-order valence-electron chi connectivity index (χ2n) is 7.42. The molecule has 3 aromatic heterocycles. The van der Waals surface area contributed by atoms with Crippen LogP contribution in [0.2, 0.25) is 5.02 Å². The highest BCUT2D eigenvalue weighted by molar-refractivity contribution is 7.21. The van der Waals surface area contributed by atoms with Gasteiger partial charge in [-0.2, -0.15) is 0 Å². The number of halogens is 1. The number of thiophene rings is 2. The number of hydrogen-bond acceptors (Lipinski definition) is 7. The molecule has 0 aliphatic heterocycles. The quantitative estimate of drug-likeness (QED) is 0.319. The van der Waals surface area contributed by atoms with Crippen molar-refractivity contribution in [3.8, 4) is 11.1 Å². The van der Waals surface area contributed by atoms with Crippen LogP contribution in [0.25, 0.3) is 21.3 Å². The van der Waals surface area contributed by atoms with Crippen LogP contribution in [0.15, 0.2) is 41.8 Å². The van der Waals surface area contributed by atoms with Crippen molar-refractivity contribution < 1.29 is 14.3 Å². The predicted octanol–water partition coefficient (Wildman–Crippen LogP) is 6.39. The lowest BCUT2D eigenvalue weighted by molar-refractivity contribution is 0.0380. The number of fused-ring (bicyclic) bond motifs is 1. The van der Waals surface area contributed by atoms with Gasteiger partial charge in [0.2, 0.25) is 0 Å². The normalized spacial score (nSPS) is 11.2. The summed E-state index contributed by atoms with van der Waals surface area (Å²) in [5.41, 5.74) is 9.20. The van der Waals surface area contributed by atoms with Crippen molar-refractivity contribution in [2.75, 3.05) is 11.1 Å². The second-order valence-corrected chi connectivity index (χ2v) is 9.73. The summed E-state index contributed by atoms with van der Waals surface area (Å²) in [5.74, 6) is -0.908. The summed E-state index contributed by atoms with van der Waals surface area (Å²) in [6, 6.07) is 10.8. The van der Waals surface area contributed by atoms with E-state index in [1.54, 1.807) is 26.0 Å². The van der Waals surface area contributed by atoms with Crippen molar-refractivity contribution >= 4 is 67.1 Å². The molecule has 1 amide bonds. The van der Waals surface area contributed by atoms with Gasteiger partial charge in [-0.05, 0) is 50.6 Å². The number of aromatic nitrogens is 1. The van der Waals surface area contributed by atoms with E-state index in [0.29, 0.717) is 36.5 Å². The SMILES string of the molecule is Cc1ccc2c(N)c(C(=O)Nc3scc(-c4ccc(Cl)cc4)c3C(=O)OC(C)C)sc2n1. The summed E-state index contributed by atoms with van der Waals surface area (Å²) in [7, 11) is 0. The van der Waals surface area contributed by atoms with E-state index >= 15 is 0 Å². The molecular formula is C23H20ClN3O3S2. The lowest BCUT2D eigenvalue weighted by atomic mass is 10.0. The molecule has 3 heterocycles. The molecule has 0 spiro atoms. The van der Waals surface area contributed by atoms with E-state index in [0.717, 1.165) is 16.6 Å². The number of hydrogen-bond donors (Lipinski definition) is 2. The van der Waals surface area contributed by atoms with Gasteiger partial charge in [-0.3, -0.25) is 4.79 Å². The number of anilines is 2. The van der Waals surface area contributed by atoms with Crippen LogP contribution in [0.5, 0.6) is 0 Å². The summed E-state index contributed by atoms with van der Waals surface area (Å²) in [4.78, 5) is 31.5. The first-order valence-corrected chi connectivity index (χ1v) is 11.9. The smallest absolute Gasteiger partial charge is 0.342 e. The molecule has 1 aromatic carbocycles. The van der Waals surface area contributed by atoms with E-state index in [1.807, 2.05) is 36.6 Å². The largest absolute Gasteiger partial charge is 0.459 e. The third-order valence-corrected chi connectivity index (χ3v) is 6.92. The number of esters is 1. The highest BCUT2D eigenvalue weighted by Gasteiger charge is 2.25. The van der Waals surface area contributed by atoms with Crippen molar-refractivity contribution in [1.29, 1.82) is 0 Å². The number of pyridine rings is 1. The number of nitrogens with zero attached hydrogens (tertiary/aromatic N) is 1. The first kappa shape index (κ1) is 22.3. The zero-order valence-corrected chi connectivity index (χ0v) is 20.0. The number of amides is 1. The minimum atomic E-state index is -0.511. The first-order chi connectivity index (χ1) is 15.2. The Kier molecular flexibility index (Phi) is 6.19. The van der Waals surface area contributed by atoms with Gasteiger partial charge in [0.15, 0.2) is 0 Å². The van der Waals surface area contributed by atoms with Gasteiger partial charge < -0.3 is 15.8 Å². The third-order valence-electron chi connectivity index (χ3n) is 4.66. The molecule has 4 rings (SSSR count). The van der Waals surface area contributed by atoms with Crippen LogP contribution in [-0.4, -0.2) is 23.0 Å². The van der Waals surface area contributed by atoms with Gasteiger partial charge >= 0.3 is 5.97 Å². The van der Waals surface area contributed by atoms with Crippen LogP contribution in [0, 0.1) is 6.92 Å². The topological polar surface area (TPSA) is 94.3 Å². The van der Waals surface area contributed by atoms with E-state index in [1.165, 1.54) is 22.7 Å². The zero-order chi connectivity index (χ0) is 23.0. The molecule has 6 nitrogen and oxygen atoms in total. The Balaban J connectivity index is 1.73. The third kappa shape index (κ3) is 4.34. The number of carbonyl (C=O) groups excluding carboxylic acids is 2. The molecule has 32 heavy (non-hydrogen) atoms. The van der Waals surface area contributed by atoms with Gasteiger partial charge in [-0.15, -0.1) is 22.7 Å². The van der Waals surface area contributed by atoms with Gasteiger partial charge in [-0.1, -0.05) is 23.7 Å². The van der Waals surface area contributed by atoms with Gasteiger partial charge in [-0.25, -0.2) is 9.78 Å². The number of benzene rings is 1. The van der Waals surface area contributed by atoms with Crippen LogP contribution in [-0.2, 0) is 4.74 Å². The summed E-state index contributed by atoms with van der Waals surface area (Å²) in [6.07, 6.45) is -0.309. The summed E-state index contributed by atoms with van der Waals surface area (Å²) in [5, 5.41) is 6.39. The van der Waals surface area contributed by atoms with E-state index < -0.39 is 11.9 Å². The summed E-state index contributed by atoms with van der Waals surface area (Å²) >= 11 is 8.48. The number of aryl methyl sites for hydroxylation is 1. The maximum absolute atomic E-state index is 13.1. The van der Waals surface area contributed by atoms with Crippen LogP contribution < -0.4 is 11.1 Å². The molecule has 0 aliphatic carbocycles. The molecule has 0 unspecified atom stereocenters. The standard InChI is InChI=1S/C23H20ClN3O3S2/c1-11(2)30-23(29)17-16(13-5-7-14(24)8-6-13)10-31-22(17)27-20(28)19-18(25)15-9-4-12(3)26-21(15)32-19/h4-11H,25H2,1-3H3,(H,27,28). The van der Waals surface area contributed by atoms with Crippen molar-refractivity contribution in [1.82, 2.24) is 4.98 Å². The van der Waals surface area contributed by atoms with Crippen LogP contribution in [0.4, 0.5) is 10.7 Å². The predicted molar refractivity (Wildman–Crippen MR) is 132 cm³/mol. The van der Waals surface area contributed by atoms with Gasteiger partial charge in [0, 0.05) is 27.0 Å². The summed E-state index contributed by atoms with van der Waals surface area (Å²) in [6.45, 7) is 5.43. The van der Waals surface area contributed by atoms with E-state index in [4.69, 9.17) is 22.1 Å². The van der Waals surface area contributed by atoms with Crippen molar-refractivity contribution in [3.05, 3.63) is 62.9 Å². The maximum Gasteiger partial charge on any atom is 0.342 e. The Morgan fingerprint density at radius 2 is 1.88 bits per heavy atom. The lowest BCUT2D eigenvalue weighted by Crippen LogP contribution is -2.16. The Bertz CT molecular complexity index is 1330. The molecule has 164 valence electrons. The lowest BCUT2D eigenvalue weighted by Gasteiger charge is -2.11. The van der Waals surface area contributed by atoms with Crippen LogP contribution in [0.3, 0.4) is 0 Å².